The van der Waals surface area contributed by atoms with E-state index in [0.29, 0.717) is 29.4 Å². The number of halogens is 2. The molecule has 1 amide bonds. The largest absolute Gasteiger partial charge is 0.394 e. The molecule has 0 unspecified atom stereocenters. The zero-order valence-corrected chi connectivity index (χ0v) is 18.6. The average molecular weight is 468 g/mol. The molecule has 1 fully saturated rings. The van der Waals surface area contributed by atoms with Gasteiger partial charge >= 0.3 is 0 Å². The number of carbonyl (C=O) groups excluding carboxylic acids is 1. The first kappa shape index (κ1) is 21.8. The summed E-state index contributed by atoms with van der Waals surface area (Å²) in [4.78, 5) is 15.2. The van der Waals surface area contributed by atoms with Gasteiger partial charge in [0.25, 0.3) is 5.91 Å². The number of amides is 1. The summed E-state index contributed by atoms with van der Waals surface area (Å²) >= 11 is 6.09. The molecule has 3 heterocycles. The minimum Gasteiger partial charge on any atom is -0.394 e. The van der Waals surface area contributed by atoms with Gasteiger partial charge in [0.15, 0.2) is 5.69 Å². The van der Waals surface area contributed by atoms with Gasteiger partial charge in [-0.3, -0.25) is 4.79 Å². The lowest BCUT2D eigenvalue weighted by Gasteiger charge is -2.23. The molecule has 0 radical (unpaired) electrons. The molecule has 0 bridgehead atoms. The van der Waals surface area contributed by atoms with E-state index in [-0.39, 0.29) is 31.0 Å². The van der Waals surface area contributed by atoms with E-state index in [0.717, 1.165) is 35.4 Å². The maximum atomic E-state index is 13.5. The summed E-state index contributed by atoms with van der Waals surface area (Å²) in [5.41, 5.74) is 4.24. The van der Waals surface area contributed by atoms with Crippen LogP contribution in [0, 0.1) is 5.82 Å². The van der Waals surface area contributed by atoms with Gasteiger partial charge in [0.05, 0.1) is 37.2 Å². The van der Waals surface area contributed by atoms with Crippen molar-refractivity contribution in [3.8, 4) is 5.69 Å². The number of fused-ring (bicyclic) bond motifs is 1. The van der Waals surface area contributed by atoms with Crippen LogP contribution in [0.1, 0.15) is 40.2 Å². The Hall–Kier alpha value is -3.00. The highest BCUT2D eigenvalue weighted by Crippen LogP contribution is 2.34. The fourth-order valence-electron chi connectivity index (χ4n) is 4.49. The van der Waals surface area contributed by atoms with Gasteiger partial charge < -0.3 is 14.7 Å². The molecule has 6 nitrogen and oxygen atoms in total. The first-order valence-electron chi connectivity index (χ1n) is 10.9. The van der Waals surface area contributed by atoms with E-state index < -0.39 is 0 Å². The summed E-state index contributed by atoms with van der Waals surface area (Å²) in [6.45, 7) is 1.10. The number of aliphatic hydroxyl groups is 1. The fourth-order valence-corrected chi connectivity index (χ4v) is 4.61. The molecule has 0 aliphatic carbocycles. The van der Waals surface area contributed by atoms with Crippen molar-refractivity contribution in [2.24, 2.45) is 0 Å². The summed E-state index contributed by atoms with van der Waals surface area (Å²) in [6.07, 6.45) is 3.55. The molecule has 1 N–H and O–H groups in total. The minimum absolute atomic E-state index is 0.0714. The van der Waals surface area contributed by atoms with Crippen molar-refractivity contribution < 1.29 is 19.0 Å². The normalized spacial score (nSPS) is 19.2. The molecule has 1 aromatic heterocycles. The Morgan fingerprint density at radius 2 is 1.94 bits per heavy atom. The quantitative estimate of drug-likeness (QED) is 0.620. The summed E-state index contributed by atoms with van der Waals surface area (Å²) in [7, 11) is 0. The van der Waals surface area contributed by atoms with Gasteiger partial charge in [-0.15, -0.1) is 0 Å². The molecule has 3 aromatic rings. The zero-order chi connectivity index (χ0) is 22.9. The molecule has 8 heteroatoms. The average Bonchev–Trinajstić information content (AvgIpc) is 3.46. The molecule has 2 aliphatic rings. The number of nitrogens with zero attached hydrogens (tertiary/aromatic N) is 3. The monoisotopic (exact) mass is 467 g/mol. The molecule has 33 heavy (non-hydrogen) atoms. The zero-order valence-electron chi connectivity index (χ0n) is 17.9. The van der Waals surface area contributed by atoms with Crippen LogP contribution >= 0.6 is 11.6 Å². The number of hydrogen-bond donors (Lipinski definition) is 1. The Morgan fingerprint density at radius 3 is 2.67 bits per heavy atom. The van der Waals surface area contributed by atoms with Crippen LogP contribution in [0.15, 0.2) is 48.5 Å². The van der Waals surface area contributed by atoms with Crippen LogP contribution in [0.25, 0.3) is 17.3 Å². The number of rotatable bonds is 4. The number of ether oxygens (including phenoxy) is 1. The first-order chi connectivity index (χ1) is 16.0. The second-order valence-corrected chi connectivity index (χ2v) is 8.69. The predicted molar refractivity (Wildman–Crippen MR) is 124 cm³/mol. The smallest absolute Gasteiger partial charge is 0.275 e. The van der Waals surface area contributed by atoms with Crippen molar-refractivity contribution in [2.75, 3.05) is 19.8 Å². The Bertz CT molecular complexity index is 1200. The van der Waals surface area contributed by atoms with E-state index in [1.165, 1.54) is 12.1 Å². The highest BCUT2D eigenvalue weighted by molar-refractivity contribution is 6.30. The third-order valence-electron chi connectivity index (χ3n) is 6.13. The third-order valence-corrected chi connectivity index (χ3v) is 6.38. The lowest BCUT2D eigenvalue weighted by Crippen LogP contribution is -2.38. The molecule has 2 aromatic carbocycles. The Balaban J connectivity index is 1.65. The lowest BCUT2D eigenvalue weighted by molar-refractivity contribution is 0.0665. The topological polar surface area (TPSA) is 67.6 Å². The van der Waals surface area contributed by atoms with Crippen molar-refractivity contribution in [1.29, 1.82) is 0 Å². The van der Waals surface area contributed by atoms with Crippen molar-refractivity contribution in [3.63, 3.8) is 0 Å². The van der Waals surface area contributed by atoms with Crippen LogP contribution in [0.4, 0.5) is 4.39 Å². The number of carbonyl (C=O) groups is 1. The number of likely N-dealkylation sites (tertiary alicyclic amines) is 1. The van der Waals surface area contributed by atoms with Crippen LogP contribution < -0.4 is 0 Å². The van der Waals surface area contributed by atoms with Gasteiger partial charge in [0.2, 0.25) is 0 Å². The van der Waals surface area contributed by atoms with Crippen molar-refractivity contribution in [3.05, 3.63) is 81.9 Å². The van der Waals surface area contributed by atoms with E-state index in [1.54, 1.807) is 33.8 Å². The Morgan fingerprint density at radius 1 is 1.18 bits per heavy atom. The van der Waals surface area contributed by atoms with Crippen molar-refractivity contribution in [1.82, 2.24) is 14.7 Å². The van der Waals surface area contributed by atoms with Gasteiger partial charge in [-0.1, -0.05) is 23.7 Å². The van der Waals surface area contributed by atoms with Gasteiger partial charge in [-0.05, 0) is 60.9 Å². The van der Waals surface area contributed by atoms with E-state index in [9.17, 15) is 14.3 Å². The number of hydrogen-bond acceptors (Lipinski definition) is 4. The summed E-state index contributed by atoms with van der Waals surface area (Å²) in [5, 5.41) is 15.0. The molecule has 2 aliphatic heterocycles. The molecule has 5 rings (SSSR count). The number of benzene rings is 2. The van der Waals surface area contributed by atoms with Gasteiger partial charge in [-0.25, -0.2) is 9.07 Å². The molecule has 170 valence electrons. The number of aromatic nitrogens is 2. The highest BCUT2D eigenvalue weighted by atomic mass is 35.5. The molecule has 0 saturated carbocycles. The number of aliphatic hydroxyl groups excluding tert-OH is 1. The summed E-state index contributed by atoms with van der Waals surface area (Å²) in [6, 6.07) is 13.3. The molecular formula is C25H23ClFN3O3. The van der Waals surface area contributed by atoms with Crippen LogP contribution in [0.3, 0.4) is 0 Å². The van der Waals surface area contributed by atoms with Crippen LogP contribution in [-0.2, 0) is 11.3 Å². The van der Waals surface area contributed by atoms with E-state index in [2.05, 4.69) is 0 Å². The predicted octanol–water partition coefficient (Wildman–Crippen LogP) is 4.33. The SMILES string of the molecule is O=C(c1nn(-c2ccc(Cl)cc2)c2c1COCC2=Cc1ccc(F)cc1)N1CCC[C@H]1CO. The van der Waals surface area contributed by atoms with E-state index >= 15 is 0 Å². The maximum absolute atomic E-state index is 13.5. The fraction of sp³-hybridized carbons (Fsp3) is 0.280. The van der Waals surface area contributed by atoms with Crippen LogP contribution in [0.2, 0.25) is 5.02 Å². The summed E-state index contributed by atoms with van der Waals surface area (Å²) in [5.74, 6) is -0.511. The van der Waals surface area contributed by atoms with Crippen molar-refractivity contribution >= 4 is 29.2 Å². The van der Waals surface area contributed by atoms with Gasteiger partial charge in [0.1, 0.15) is 5.82 Å². The van der Waals surface area contributed by atoms with Gasteiger partial charge in [-0.2, -0.15) is 5.10 Å². The minimum atomic E-state index is -0.305. The maximum Gasteiger partial charge on any atom is 0.275 e. The van der Waals surface area contributed by atoms with E-state index in [4.69, 9.17) is 21.4 Å². The van der Waals surface area contributed by atoms with E-state index in [1.807, 2.05) is 18.2 Å². The molecule has 0 spiro atoms. The first-order valence-corrected chi connectivity index (χ1v) is 11.3. The Kier molecular flexibility index (Phi) is 6.01. The Labute approximate surface area is 195 Å². The second-order valence-electron chi connectivity index (χ2n) is 8.26. The van der Waals surface area contributed by atoms with Crippen LogP contribution in [0.5, 0.6) is 0 Å². The third kappa shape index (κ3) is 4.19. The lowest BCUT2D eigenvalue weighted by atomic mass is 10.0. The molecular weight excluding hydrogens is 445 g/mol. The molecule has 1 atom stereocenters. The summed E-state index contributed by atoms with van der Waals surface area (Å²) < 4.78 is 21.0. The highest BCUT2D eigenvalue weighted by Gasteiger charge is 2.35. The molecule has 1 saturated heterocycles. The van der Waals surface area contributed by atoms with Crippen molar-refractivity contribution in [2.45, 2.75) is 25.5 Å². The second kappa shape index (κ2) is 9.09. The standard InChI is InChI=1S/C25H23ClFN3O3/c26-18-5-9-20(10-6-18)30-24-17(12-16-3-7-19(27)8-4-16)14-33-15-22(24)23(28-30)25(32)29-11-1-2-21(29)13-31/h3-10,12,21,31H,1-2,11,13-15H2/t21-/m0/s1. The van der Waals surface area contributed by atoms with Crippen LogP contribution in [-0.4, -0.2) is 51.5 Å². The van der Waals surface area contributed by atoms with Gasteiger partial charge in [0, 0.05) is 22.7 Å².